The van der Waals surface area contributed by atoms with Gasteiger partial charge in [0.15, 0.2) is 6.54 Å². The molecule has 1 saturated heterocycles. The molecular weight excluding hydrogens is 294 g/mol. The highest BCUT2D eigenvalue weighted by molar-refractivity contribution is 5.91. The quantitative estimate of drug-likeness (QED) is 0.768. The lowest BCUT2D eigenvalue weighted by molar-refractivity contribution is -0.899. The summed E-state index contributed by atoms with van der Waals surface area (Å²) < 4.78 is 5.07. The molecule has 23 heavy (non-hydrogen) atoms. The zero-order chi connectivity index (χ0) is 16.7. The third-order valence-electron chi connectivity index (χ3n) is 3.95. The maximum Gasteiger partial charge on any atom is 0.314 e. The zero-order valence-corrected chi connectivity index (χ0v) is 13.3. The van der Waals surface area contributed by atoms with Gasteiger partial charge in [0.1, 0.15) is 5.92 Å². The van der Waals surface area contributed by atoms with Gasteiger partial charge in [-0.3, -0.25) is 9.59 Å². The molecule has 1 aliphatic rings. The van der Waals surface area contributed by atoms with E-state index in [0.717, 1.165) is 24.3 Å². The van der Waals surface area contributed by atoms with Gasteiger partial charge in [0.2, 0.25) is 0 Å². The molecule has 2 atom stereocenters. The van der Waals surface area contributed by atoms with Crippen LogP contribution in [0.15, 0.2) is 24.3 Å². The van der Waals surface area contributed by atoms with Crippen LogP contribution in [-0.4, -0.2) is 38.1 Å². The molecule has 0 saturated carbocycles. The van der Waals surface area contributed by atoms with E-state index in [0.29, 0.717) is 30.9 Å². The second-order valence-electron chi connectivity index (χ2n) is 5.71. The Morgan fingerprint density at radius 3 is 2.78 bits per heavy atom. The van der Waals surface area contributed by atoms with Gasteiger partial charge in [0.25, 0.3) is 5.91 Å². The normalized spacial score (nSPS) is 20.3. The minimum absolute atomic E-state index is 0.0887. The molecule has 2 rings (SSSR count). The first kappa shape index (κ1) is 17.0. The van der Waals surface area contributed by atoms with Gasteiger partial charge < -0.3 is 15.0 Å². The Hall–Kier alpha value is -2.39. The number of anilines is 1. The molecule has 1 fully saturated rings. The molecule has 1 amide bonds. The van der Waals surface area contributed by atoms with Gasteiger partial charge in [-0.05, 0) is 44.0 Å². The van der Waals surface area contributed by atoms with Gasteiger partial charge in [-0.2, -0.15) is 5.26 Å². The number of quaternary nitrogens is 1. The highest BCUT2D eigenvalue weighted by Gasteiger charge is 2.30. The molecule has 6 heteroatoms. The summed E-state index contributed by atoms with van der Waals surface area (Å²) >= 11 is 0. The van der Waals surface area contributed by atoms with Crippen molar-refractivity contribution in [3.05, 3.63) is 29.8 Å². The molecule has 1 aromatic carbocycles. The van der Waals surface area contributed by atoms with E-state index in [2.05, 4.69) is 5.32 Å². The smallest absolute Gasteiger partial charge is 0.314 e. The lowest BCUT2D eigenvalue weighted by Gasteiger charge is -2.28. The van der Waals surface area contributed by atoms with Gasteiger partial charge in [0.05, 0.1) is 31.3 Å². The molecule has 0 aromatic heterocycles. The summed E-state index contributed by atoms with van der Waals surface area (Å²) in [7, 11) is 0. The molecule has 1 heterocycles. The zero-order valence-electron chi connectivity index (χ0n) is 13.3. The van der Waals surface area contributed by atoms with Crippen LogP contribution < -0.4 is 10.2 Å². The first-order chi connectivity index (χ1) is 11.1. The molecule has 0 bridgehead atoms. The largest absolute Gasteiger partial charge is 0.466 e. The Labute approximate surface area is 136 Å². The van der Waals surface area contributed by atoms with Crippen LogP contribution in [0.4, 0.5) is 5.69 Å². The fourth-order valence-electron chi connectivity index (χ4n) is 2.83. The number of nitrogens with one attached hydrogen (secondary N) is 2. The standard InChI is InChI=1S/C17H21N3O3/c1-2-23-17(22)14-4-3-9-20(11-14)12-16(21)19-15-7-5-13(10-18)6-8-15/h5-8,14H,2-4,9,11-12H2,1H3,(H,19,21)/p+1/t14-/m0/s1. The van der Waals surface area contributed by atoms with Crippen molar-refractivity contribution in [1.29, 1.82) is 5.26 Å². The van der Waals surface area contributed by atoms with Crippen molar-refractivity contribution >= 4 is 17.6 Å². The molecule has 1 aliphatic heterocycles. The van der Waals surface area contributed by atoms with Crippen LogP contribution in [0.3, 0.4) is 0 Å². The lowest BCUT2D eigenvalue weighted by Crippen LogP contribution is -3.14. The number of nitriles is 1. The minimum atomic E-state index is -0.155. The molecule has 0 spiro atoms. The van der Waals surface area contributed by atoms with Crippen molar-refractivity contribution < 1.29 is 19.2 Å². The number of esters is 1. The van der Waals surface area contributed by atoms with Crippen molar-refractivity contribution in [3.8, 4) is 6.07 Å². The number of carbonyl (C=O) groups is 2. The van der Waals surface area contributed by atoms with E-state index in [-0.39, 0.29) is 17.8 Å². The molecule has 122 valence electrons. The fourth-order valence-corrected chi connectivity index (χ4v) is 2.83. The average molecular weight is 316 g/mol. The van der Waals surface area contributed by atoms with Gasteiger partial charge in [0, 0.05) is 5.69 Å². The van der Waals surface area contributed by atoms with Gasteiger partial charge in [-0.25, -0.2) is 0 Å². The molecule has 2 N–H and O–H groups in total. The Bertz CT molecular complexity index is 592. The number of carbonyl (C=O) groups excluding carboxylic acids is 2. The van der Waals surface area contributed by atoms with E-state index in [1.165, 1.54) is 0 Å². The van der Waals surface area contributed by atoms with Crippen molar-refractivity contribution in [1.82, 2.24) is 0 Å². The Morgan fingerprint density at radius 2 is 2.13 bits per heavy atom. The predicted molar refractivity (Wildman–Crippen MR) is 84.7 cm³/mol. The van der Waals surface area contributed by atoms with Crippen LogP contribution in [-0.2, 0) is 14.3 Å². The van der Waals surface area contributed by atoms with Crippen molar-refractivity contribution in [2.45, 2.75) is 19.8 Å². The van der Waals surface area contributed by atoms with Crippen LogP contribution >= 0.6 is 0 Å². The van der Waals surface area contributed by atoms with E-state index in [1.807, 2.05) is 6.07 Å². The fraction of sp³-hybridized carbons (Fsp3) is 0.471. The number of ether oxygens (including phenoxy) is 1. The highest BCUT2D eigenvalue weighted by Crippen LogP contribution is 2.10. The summed E-state index contributed by atoms with van der Waals surface area (Å²) in [6.45, 7) is 4.05. The number of piperidine rings is 1. The molecule has 1 aromatic rings. The number of likely N-dealkylation sites (tertiary alicyclic amines) is 1. The number of rotatable bonds is 5. The monoisotopic (exact) mass is 316 g/mol. The summed E-state index contributed by atoms with van der Waals surface area (Å²) in [4.78, 5) is 25.0. The first-order valence-electron chi connectivity index (χ1n) is 7.92. The average Bonchev–Trinajstić information content (AvgIpc) is 2.56. The Morgan fingerprint density at radius 1 is 1.39 bits per heavy atom. The summed E-state index contributed by atoms with van der Waals surface area (Å²) in [5, 5.41) is 11.6. The maximum atomic E-state index is 12.1. The molecule has 0 radical (unpaired) electrons. The number of nitrogens with zero attached hydrogens (tertiary/aromatic N) is 1. The van der Waals surface area contributed by atoms with Gasteiger partial charge >= 0.3 is 5.97 Å². The molecule has 6 nitrogen and oxygen atoms in total. The van der Waals surface area contributed by atoms with E-state index < -0.39 is 0 Å². The number of hydrogen-bond acceptors (Lipinski definition) is 4. The minimum Gasteiger partial charge on any atom is -0.466 e. The van der Waals surface area contributed by atoms with Crippen LogP contribution in [0.2, 0.25) is 0 Å². The number of benzene rings is 1. The molecule has 0 aliphatic carbocycles. The Kier molecular flexibility index (Phi) is 6.12. The van der Waals surface area contributed by atoms with Crippen LogP contribution in [0.1, 0.15) is 25.3 Å². The van der Waals surface area contributed by atoms with Crippen molar-refractivity contribution in [2.75, 3.05) is 31.6 Å². The Balaban J connectivity index is 1.84. The number of amides is 1. The second-order valence-corrected chi connectivity index (χ2v) is 5.71. The molecular formula is C17H22N3O3+. The summed E-state index contributed by atoms with van der Waals surface area (Å²) in [6, 6.07) is 8.80. The van der Waals surface area contributed by atoms with Crippen LogP contribution in [0.5, 0.6) is 0 Å². The van der Waals surface area contributed by atoms with Crippen molar-refractivity contribution in [3.63, 3.8) is 0 Å². The summed E-state index contributed by atoms with van der Waals surface area (Å²) in [6.07, 6.45) is 1.75. The van der Waals surface area contributed by atoms with E-state index in [1.54, 1.807) is 31.2 Å². The highest BCUT2D eigenvalue weighted by atomic mass is 16.5. The number of hydrogen-bond donors (Lipinski definition) is 2. The first-order valence-corrected chi connectivity index (χ1v) is 7.92. The van der Waals surface area contributed by atoms with Crippen LogP contribution in [0.25, 0.3) is 0 Å². The van der Waals surface area contributed by atoms with Gasteiger partial charge in [-0.1, -0.05) is 0 Å². The summed E-state index contributed by atoms with van der Waals surface area (Å²) in [5.74, 6) is -0.354. The SMILES string of the molecule is CCOC(=O)[C@H]1CCC[NH+](CC(=O)Nc2ccc(C#N)cc2)C1. The van der Waals surface area contributed by atoms with Crippen molar-refractivity contribution in [2.24, 2.45) is 5.92 Å². The third kappa shape index (κ3) is 5.08. The summed E-state index contributed by atoms with van der Waals surface area (Å²) in [5.41, 5.74) is 1.23. The van der Waals surface area contributed by atoms with Crippen LogP contribution in [0, 0.1) is 17.2 Å². The van der Waals surface area contributed by atoms with Gasteiger partial charge in [-0.15, -0.1) is 0 Å². The predicted octanol–water partition coefficient (Wildman–Crippen LogP) is 0.355. The third-order valence-corrected chi connectivity index (χ3v) is 3.95. The second kappa shape index (κ2) is 8.30. The van der Waals surface area contributed by atoms with E-state index in [4.69, 9.17) is 10.00 Å². The van der Waals surface area contributed by atoms with E-state index in [9.17, 15) is 9.59 Å². The molecule has 1 unspecified atom stereocenters. The lowest BCUT2D eigenvalue weighted by atomic mass is 9.98. The van der Waals surface area contributed by atoms with E-state index >= 15 is 0 Å². The maximum absolute atomic E-state index is 12.1. The topological polar surface area (TPSA) is 83.6 Å².